The van der Waals surface area contributed by atoms with Crippen LogP contribution >= 0.6 is 0 Å². The molecule has 0 saturated heterocycles. The van der Waals surface area contributed by atoms with Crippen molar-refractivity contribution in [1.82, 2.24) is 4.98 Å². The molecule has 2 rings (SSSR count). The Labute approximate surface area is 68.3 Å². The van der Waals surface area contributed by atoms with Gasteiger partial charge in [0.15, 0.2) is 5.75 Å². The van der Waals surface area contributed by atoms with Crippen molar-refractivity contribution in [3.05, 3.63) is 36.3 Å². The zero-order valence-electron chi connectivity index (χ0n) is 6.12. The van der Waals surface area contributed by atoms with E-state index in [0.29, 0.717) is 5.52 Å². The van der Waals surface area contributed by atoms with Crippen molar-refractivity contribution in [2.45, 2.75) is 0 Å². The summed E-state index contributed by atoms with van der Waals surface area (Å²) in [6.07, 6.45) is 1.38. The second-order valence-electron chi connectivity index (χ2n) is 2.47. The Bertz CT molecular complexity index is 428. The van der Waals surface area contributed by atoms with Gasteiger partial charge in [-0.2, -0.15) is 0 Å². The normalized spacial score (nSPS) is 10.4. The first-order chi connectivity index (χ1) is 5.77. The molecule has 0 aliphatic rings. The first-order valence-corrected chi connectivity index (χ1v) is 3.48. The number of pyridine rings is 1. The molecule has 1 aromatic heterocycles. The fraction of sp³-hybridized carbons (Fsp3) is 0. The largest absolute Gasteiger partial charge is 0.290 e. The molecule has 1 radical (unpaired) electrons. The molecule has 1 heterocycles. The molecule has 2 nitrogen and oxygen atoms in total. The number of hydrogen-bond acceptors (Lipinski definition) is 1. The number of nitrogens with zero attached hydrogens (tertiary/aromatic N) is 1. The van der Waals surface area contributed by atoms with Crippen LogP contribution in [0.15, 0.2) is 30.5 Å². The first kappa shape index (κ1) is 7.03. The highest BCUT2D eigenvalue weighted by atomic mass is 19.1. The molecular weight excluding hydrogens is 157 g/mol. The van der Waals surface area contributed by atoms with Crippen LogP contribution in [0.25, 0.3) is 10.9 Å². The molecule has 3 heteroatoms. The van der Waals surface area contributed by atoms with Crippen LogP contribution in [0.3, 0.4) is 0 Å². The minimum absolute atomic E-state index is 0.200. The van der Waals surface area contributed by atoms with Gasteiger partial charge in [-0.25, -0.2) is 4.39 Å². The number of aromatic nitrogens is 1. The summed E-state index contributed by atoms with van der Waals surface area (Å²) >= 11 is 0. The lowest BCUT2D eigenvalue weighted by molar-refractivity contribution is 0.355. The van der Waals surface area contributed by atoms with Crippen LogP contribution in [-0.4, -0.2) is 4.98 Å². The third kappa shape index (κ3) is 0.993. The second-order valence-corrected chi connectivity index (χ2v) is 2.47. The summed E-state index contributed by atoms with van der Waals surface area (Å²) in [7, 11) is 0. The zero-order chi connectivity index (χ0) is 8.55. The molecule has 59 valence electrons. The van der Waals surface area contributed by atoms with Gasteiger partial charge in [-0.1, -0.05) is 0 Å². The number of halogens is 1. The van der Waals surface area contributed by atoms with Gasteiger partial charge in [0.05, 0.1) is 5.52 Å². The van der Waals surface area contributed by atoms with E-state index in [2.05, 4.69) is 4.98 Å². The first-order valence-electron chi connectivity index (χ1n) is 3.48. The Balaban J connectivity index is 2.88. The molecular formula is C9H5FNO. The molecule has 2 aromatic rings. The summed E-state index contributed by atoms with van der Waals surface area (Å²) in [6.45, 7) is 0. The Morgan fingerprint density at radius 2 is 2.08 bits per heavy atom. The third-order valence-electron chi connectivity index (χ3n) is 1.66. The lowest BCUT2D eigenvalue weighted by Crippen LogP contribution is -1.81. The third-order valence-corrected chi connectivity index (χ3v) is 1.66. The summed E-state index contributed by atoms with van der Waals surface area (Å²) in [5.41, 5.74) is 0.509. The summed E-state index contributed by atoms with van der Waals surface area (Å²) in [5.74, 6) is -0.605. The summed E-state index contributed by atoms with van der Waals surface area (Å²) in [6, 6.07) is 5.37. The van der Waals surface area contributed by atoms with E-state index < -0.39 is 5.82 Å². The van der Waals surface area contributed by atoms with E-state index >= 15 is 0 Å². The summed E-state index contributed by atoms with van der Waals surface area (Å²) < 4.78 is 13.0. The fourth-order valence-electron chi connectivity index (χ4n) is 1.09. The van der Waals surface area contributed by atoms with Crippen molar-refractivity contribution >= 4 is 10.9 Å². The SMILES string of the molecule is [O]c1ccc2nccc(F)c2c1. The van der Waals surface area contributed by atoms with E-state index in [1.54, 1.807) is 0 Å². The average molecular weight is 162 g/mol. The Kier molecular flexibility index (Phi) is 1.43. The van der Waals surface area contributed by atoms with Crippen molar-refractivity contribution in [3.8, 4) is 5.75 Å². The van der Waals surface area contributed by atoms with Gasteiger partial charge in [0.25, 0.3) is 0 Å². The number of benzene rings is 1. The van der Waals surface area contributed by atoms with Crippen molar-refractivity contribution in [2.75, 3.05) is 0 Å². The standard InChI is InChI=1S/C9H5FNO/c10-8-3-4-11-9-2-1-6(12)5-7(8)9/h1-5H. The topological polar surface area (TPSA) is 32.8 Å². The quantitative estimate of drug-likeness (QED) is 0.585. The summed E-state index contributed by atoms with van der Waals surface area (Å²) in [4.78, 5) is 3.90. The van der Waals surface area contributed by atoms with Crippen LogP contribution in [0.4, 0.5) is 4.39 Å². The molecule has 0 aliphatic heterocycles. The molecule has 1 aromatic carbocycles. The Hall–Kier alpha value is -1.64. The highest BCUT2D eigenvalue weighted by Gasteiger charge is 2.01. The molecule has 0 saturated carbocycles. The smallest absolute Gasteiger partial charge is 0.179 e. The van der Waals surface area contributed by atoms with Gasteiger partial charge in [0.2, 0.25) is 0 Å². The molecule has 0 amide bonds. The molecule has 0 spiro atoms. The van der Waals surface area contributed by atoms with E-state index in [4.69, 9.17) is 0 Å². The van der Waals surface area contributed by atoms with E-state index in [1.807, 2.05) is 0 Å². The maximum atomic E-state index is 13.0. The minimum Gasteiger partial charge on any atom is -0.290 e. The molecule has 0 N–H and O–H groups in total. The minimum atomic E-state index is -0.405. The van der Waals surface area contributed by atoms with Gasteiger partial charge in [-0.05, 0) is 24.3 Å². The van der Waals surface area contributed by atoms with Gasteiger partial charge < -0.3 is 0 Å². The Morgan fingerprint density at radius 1 is 1.25 bits per heavy atom. The number of fused-ring (bicyclic) bond motifs is 1. The highest BCUT2D eigenvalue weighted by molar-refractivity contribution is 5.80. The maximum Gasteiger partial charge on any atom is 0.179 e. The van der Waals surface area contributed by atoms with E-state index in [9.17, 15) is 9.50 Å². The van der Waals surface area contributed by atoms with E-state index in [1.165, 1.54) is 30.5 Å². The van der Waals surface area contributed by atoms with Crippen LogP contribution in [-0.2, 0) is 5.11 Å². The molecule has 0 bridgehead atoms. The van der Waals surface area contributed by atoms with Crippen LogP contribution in [0.2, 0.25) is 0 Å². The van der Waals surface area contributed by atoms with E-state index in [0.717, 1.165) is 0 Å². The average Bonchev–Trinajstić information content (AvgIpc) is 2.07. The van der Waals surface area contributed by atoms with Gasteiger partial charge in [-0.15, -0.1) is 0 Å². The molecule has 0 fully saturated rings. The molecule has 12 heavy (non-hydrogen) atoms. The van der Waals surface area contributed by atoms with Gasteiger partial charge >= 0.3 is 0 Å². The number of hydrogen-bond donors (Lipinski definition) is 0. The van der Waals surface area contributed by atoms with Gasteiger partial charge in [0, 0.05) is 11.6 Å². The Morgan fingerprint density at radius 3 is 2.92 bits per heavy atom. The van der Waals surface area contributed by atoms with Crippen LogP contribution in [0.5, 0.6) is 5.75 Å². The lowest BCUT2D eigenvalue weighted by Gasteiger charge is -1.96. The highest BCUT2D eigenvalue weighted by Crippen LogP contribution is 2.20. The molecule has 0 unspecified atom stereocenters. The number of rotatable bonds is 0. The predicted octanol–water partition coefficient (Wildman–Crippen LogP) is 2.52. The second kappa shape index (κ2) is 2.44. The maximum absolute atomic E-state index is 13.0. The van der Waals surface area contributed by atoms with Gasteiger partial charge in [0.1, 0.15) is 5.82 Å². The van der Waals surface area contributed by atoms with Crippen LogP contribution in [0.1, 0.15) is 0 Å². The zero-order valence-corrected chi connectivity index (χ0v) is 6.12. The molecule has 0 aliphatic carbocycles. The lowest BCUT2D eigenvalue weighted by atomic mass is 10.2. The van der Waals surface area contributed by atoms with E-state index in [-0.39, 0.29) is 11.1 Å². The predicted molar refractivity (Wildman–Crippen MR) is 41.8 cm³/mol. The van der Waals surface area contributed by atoms with Crippen molar-refractivity contribution < 1.29 is 9.50 Å². The van der Waals surface area contributed by atoms with Crippen molar-refractivity contribution in [2.24, 2.45) is 0 Å². The summed E-state index contributed by atoms with van der Waals surface area (Å²) in [5, 5.41) is 11.1. The molecule has 0 atom stereocenters. The van der Waals surface area contributed by atoms with Gasteiger partial charge in [-0.3, -0.25) is 10.1 Å². The fourth-order valence-corrected chi connectivity index (χ4v) is 1.09. The van der Waals surface area contributed by atoms with Crippen molar-refractivity contribution in [3.63, 3.8) is 0 Å². The van der Waals surface area contributed by atoms with Crippen LogP contribution in [0, 0.1) is 5.82 Å². The monoisotopic (exact) mass is 162 g/mol. The van der Waals surface area contributed by atoms with Crippen LogP contribution < -0.4 is 0 Å². The van der Waals surface area contributed by atoms with Crippen molar-refractivity contribution in [1.29, 1.82) is 0 Å².